The van der Waals surface area contributed by atoms with E-state index in [1.54, 1.807) is 11.8 Å². The number of aromatic amines is 2. The van der Waals surface area contributed by atoms with Crippen LogP contribution >= 0.6 is 23.5 Å². The first-order valence-electron chi connectivity index (χ1n) is 15.3. The molecule has 2 amide bonds. The van der Waals surface area contributed by atoms with Crippen molar-refractivity contribution in [2.24, 2.45) is 17.8 Å². The third-order valence-electron chi connectivity index (χ3n) is 9.48. The number of carboxylic acids is 2. The Labute approximate surface area is 269 Å². The van der Waals surface area contributed by atoms with Crippen molar-refractivity contribution in [3.8, 4) is 0 Å². The number of carboxylic acid groups (broad SMARTS) is 2. The number of carbonyl (C=O) groups excluding carboxylic acids is 2. The van der Waals surface area contributed by atoms with Crippen molar-refractivity contribution in [3.63, 3.8) is 0 Å². The average molecular weight is 651 g/mol. The summed E-state index contributed by atoms with van der Waals surface area (Å²) in [6, 6.07) is -0.197. The summed E-state index contributed by atoms with van der Waals surface area (Å²) < 4.78 is 0. The van der Waals surface area contributed by atoms with Gasteiger partial charge in [-0.25, -0.2) is 0 Å². The Morgan fingerprint density at radius 1 is 0.911 bits per heavy atom. The first-order valence-corrected chi connectivity index (χ1v) is 17.3. The van der Waals surface area contributed by atoms with E-state index in [-0.39, 0.29) is 48.5 Å². The number of nitrogens with one attached hydrogen (secondary N) is 4. The van der Waals surface area contributed by atoms with Crippen LogP contribution in [0.25, 0.3) is 18.2 Å². The SMILES string of the molecule is Cc1c(/C=C2\NC(=O)[C@H](C)[C@H]2[C@@H]2CS2)[nH]c(/C=c2/[nH]/c(=C/[C@H]3NC(=O)/C(=C4\CS4)C3C)c(C)c2CCC(=O)O)c1CCC(=O)O. The van der Waals surface area contributed by atoms with E-state index in [9.17, 15) is 29.4 Å². The molecule has 10 nitrogen and oxygen atoms in total. The third kappa shape index (κ3) is 6.40. The molecular weight excluding hydrogens is 613 g/mol. The van der Waals surface area contributed by atoms with Gasteiger partial charge in [0.15, 0.2) is 0 Å². The fraction of sp³-hybridized carbons (Fsp3) is 0.455. The molecule has 6 N–H and O–H groups in total. The molecule has 4 saturated heterocycles. The predicted octanol–water partition coefficient (Wildman–Crippen LogP) is 2.58. The zero-order chi connectivity index (χ0) is 32.2. The fourth-order valence-electron chi connectivity index (χ4n) is 6.69. The van der Waals surface area contributed by atoms with Gasteiger partial charge in [-0.3, -0.25) is 19.2 Å². The number of hydrogen-bond acceptors (Lipinski definition) is 6. The lowest BCUT2D eigenvalue weighted by atomic mass is 9.91. The molecule has 6 rings (SSSR count). The van der Waals surface area contributed by atoms with Crippen LogP contribution in [0.2, 0.25) is 0 Å². The Hall–Kier alpha value is -3.64. The molecule has 0 radical (unpaired) electrons. The van der Waals surface area contributed by atoms with Gasteiger partial charge in [0, 0.05) is 85.6 Å². The van der Waals surface area contributed by atoms with Gasteiger partial charge in [0.1, 0.15) is 0 Å². The van der Waals surface area contributed by atoms with Crippen molar-refractivity contribution >= 4 is 65.5 Å². The highest BCUT2D eigenvalue weighted by molar-refractivity contribution is 8.11. The monoisotopic (exact) mass is 650 g/mol. The Morgan fingerprint density at radius 3 is 2.20 bits per heavy atom. The van der Waals surface area contributed by atoms with E-state index in [1.807, 2.05) is 57.7 Å². The molecule has 12 heteroatoms. The molecule has 1 unspecified atom stereocenters. The van der Waals surface area contributed by atoms with Crippen LogP contribution in [-0.4, -0.2) is 66.7 Å². The molecular formula is C33H38N4O6S2. The van der Waals surface area contributed by atoms with E-state index in [0.29, 0.717) is 18.1 Å². The topological polar surface area (TPSA) is 164 Å². The van der Waals surface area contributed by atoms with Gasteiger partial charge in [0.2, 0.25) is 11.8 Å². The van der Waals surface area contributed by atoms with Crippen molar-refractivity contribution < 1.29 is 29.4 Å². The molecule has 0 bridgehead atoms. The lowest BCUT2D eigenvalue weighted by Gasteiger charge is -2.12. The van der Waals surface area contributed by atoms with Gasteiger partial charge >= 0.3 is 11.9 Å². The molecule has 4 fully saturated rings. The van der Waals surface area contributed by atoms with Crippen molar-refractivity contribution in [1.82, 2.24) is 20.6 Å². The number of amides is 2. The zero-order valence-corrected chi connectivity index (χ0v) is 27.3. The number of H-pyrrole nitrogens is 2. The molecule has 0 aliphatic carbocycles. The maximum Gasteiger partial charge on any atom is 0.303 e. The van der Waals surface area contributed by atoms with Gasteiger partial charge < -0.3 is 30.8 Å². The lowest BCUT2D eigenvalue weighted by Crippen LogP contribution is -2.28. The molecule has 6 heterocycles. The minimum atomic E-state index is -0.898. The van der Waals surface area contributed by atoms with Crippen LogP contribution in [-0.2, 0) is 32.0 Å². The molecule has 2 aromatic rings. The summed E-state index contributed by atoms with van der Waals surface area (Å²) in [7, 11) is 0. The van der Waals surface area contributed by atoms with Crippen LogP contribution in [0, 0.1) is 31.6 Å². The van der Waals surface area contributed by atoms with Crippen molar-refractivity contribution in [3.05, 3.63) is 60.5 Å². The highest BCUT2D eigenvalue weighted by Crippen LogP contribution is 2.46. The quantitative estimate of drug-likeness (QED) is 0.169. The molecule has 4 aliphatic rings. The second kappa shape index (κ2) is 12.3. The van der Waals surface area contributed by atoms with Gasteiger partial charge in [0.05, 0.1) is 6.04 Å². The summed E-state index contributed by atoms with van der Waals surface area (Å²) >= 11 is 3.55. The standard InChI is InChI=1S/C33H38N4O6S2/c1-14-18(5-7-28(38)39)23(34-20(14)9-22-16(3)31(27-13-45-27)33(43)36-22)11-24-19(6-8-29(40)41)15(2)21(35-24)10-25-30(26-12-44-26)17(4)32(42)37-25/h9-11,16-17,22,26,30,34-35H,5-8,12-13H2,1-4H3,(H,36,43)(H,37,42)(H,38,39)(H,40,41)/b20-9+,23-11+,25-10-,31-27+/t16?,17-,22-,26+,30-/m1/s1. The maximum atomic E-state index is 12.7. The van der Waals surface area contributed by atoms with E-state index in [4.69, 9.17) is 0 Å². The average Bonchev–Trinajstić information content (AvgIpc) is 3.89. The van der Waals surface area contributed by atoms with Crippen LogP contribution in [0.3, 0.4) is 0 Å². The third-order valence-corrected chi connectivity index (χ3v) is 11.3. The van der Waals surface area contributed by atoms with Gasteiger partial charge in [-0.05, 0) is 67.2 Å². The van der Waals surface area contributed by atoms with Crippen molar-refractivity contribution in [1.29, 1.82) is 0 Å². The van der Waals surface area contributed by atoms with Crippen LogP contribution in [0.15, 0.2) is 16.2 Å². The van der Waals surface area contributed by atoms with Crippen LogP contribution in [0.1, 0.15) is 60.3 Å². The second-order valence-electron chi connectivity index (χ2n) is 12.4. The van der Waals surface area contributed by atoms with E-state index in [0.717, 1.165) is 72.0 Å². The molecule has 2 aromatic heterocycles. The number of carbonyl (C=O) groups is 4. The Balaban J connectivity index is 1.44. The Kier molecular flexibility index (Phi) is 8.55. The number of rotatable bonds is 10. The highest BCUT2D eigenvalue weighted by atomic mass is 32.2. The molecule has 238 valence electrons. The Bertz CT molecular complexity index is 1790. The first kappa shape index (κ1) is 31.3. The summed E-state index contributed by atoms with van der Waals surface area (Å²) in [5.74, 6) is 0.120. The van der Waals surface area contributed by atoms with Crippen LogP contribution in [0.5, 0.6) is 0 Å². The highest BCUT2D eigenvalue weighted by Gasteiger charge is 2.45. The summed E-state index contributed by atoms with van der Waals surface area (Å²) in [6.45, 7) is 7.91. The minimum Gasteiger partial charge on any atom is -0.481 e. The predicted molar refractivity (Wildman–Crippen MR) is 176 cm³/mol. The molecule has 0 aromatic carbocycles. The largest absolute Gasteiger partial charge is 0.481 e. The summed E-state index contributed by atoms with van der Waals surface area (Å²) in [6.07, 6.45) is 6.46. The van der Waals surface area contributed by atoms with Gasteiger partial charge in [0.25, 0.3) is 0 Å². The lowest BCUT2D eigenvalue weighted by molar-refractivity contribution is -0.138. The maximum absolute atomic E-state index is 12.7. The van der Waals surface area contributed by atoms with Crippen LogP contribution < -0.4 is 21.3 Å². The normalized spacial score (nSPS) is 29.1. The number of thioether (sulfide) groups is 2. The van der Waals surface area contributed by atoms with Gasteiger partial charge in [-0.15, -0.1) is 11.8 Å². The van der Waals surface area contributed by atoms with Crippen molar-refractivity contribution in [2.45, 2.75) is 64.7 Å². The second-order valence-corrected chi connectivity index (χ2v) is 14.7. The molecule has 45 heavy (non-hydrogen) atoms. The molecule has 5 atom stereocenters. The van der Waals surface area contributed by atoms with Crippen molar-refractivity contribution in [2.75, 3.05) is 11.5 Å². The van der Waals surface area contributed by atoms with E-state index >= 15 is 0 Å². The smallest absolute Gasteiger partial charge is 0.303 e. The van der Waals surface area contributed by atoms with Gasteiger partial charge in [-0.1, -0.05) is 13.8 Å². The zero-order valence-electron chi connectivity index (χ0n) is 25.7. The minimum absolute atomic E-state index is 0.0148. The molecule has 4 aliphatic heterocycles. The number of hydrogen-bond donors (Lipinski definition) is 6. The van der Waals surface area contributed by atoms with E-state index in [1.165, 1.54) is 0 Å². The summed E-state index contributed by atoms with van der Waals surface area (Å²) in [5, 5.41) is 27.1. The first-order chi connectivity index (χ1) is 21.4. The Morgan fingerprint density at radius 2 is 1.58 bits per heavy atom. The number of aromatic nitrogens is 2. The van der Waals surface area contributed by atoms with Crippen LogP contribution in [0.4, 0.5) is 0 Å². The van der Waals surface area contributed by atoms with Gasteiger partial charge in [-0.2, -0.15) is 11.8 Å². The number of aliphatic carboxylic acids is 2. The summed E-state index contributed by atoms with van der Waals surface area (Å²) in [5.41, 5.74) is 6.82. The number of allylic oxidation sites excluding steroid dienone is 1. The van der Waals surface area contributed by atoms with E-state index in [2.05, 4.69) is 20.6 Å². The molecule has 0 spiro atoms. The summed E-state index contributed by atoms with van der Waals surface area (Å²) in [4.78, 5) is 56.6. The van der Waals surface area contributed by atoms with E-state index < -0.39 is 11.9 Å². The molecule has 0 saturated carbocycles. The fourth-order valence-corrected chi connectivity index (χ4v) is 8.26.